The van der Waals surface area contributed by atoms with Crippen LogP contribution in [0.2, 0.25) is 0 Å². The molecular formula is C31H36N6O4. The quantitative estimate of drug-likeness (QED) is 0.467. The molecule has 1 aromatic heterocycles. The minimum Gasteiger partial charge on any atom is -0.469 e. The average Bonchev–Trinajstić information content (AvgIpc) is 3.39. The molecule has 0 bridgehead atoms. The van der Waals surface area contributed by atoms with Crippen LogP contribution in [0.25, 0.3) is 10.8 Å². The minimum atomic E-state index is -1.00. The number of fused-ring (bicyclic) bond motifs is 2. The van der Waals surface area contributed by atoms with Gasteiger partial charge in [-0.2, -0.15) is 15.2 Å². The monoisotopic (exact) mass is 556 g/mol. The zero-order valence-electron chi connectivity index (χ0n) is 23.6. The Morgan fingerprint density at radius 2 is 1.98 bits per heavy atom. The predicted octanol–water partition coefficient (Wildman–Crippen LogP) is 4.56. The number of aromatic nitrogens is 2. The maximum atomic E-state index is 11.8. The summed E-state index contributed by atoms with van der Waals surface area (Å²) in [4.78, 5) is 27.2. The van der Waals surface area contributed by atoms with Crippen molar-refractivity contribution < 1.29 is 19.4 Å². The molecule has 2 unspecified atom stereocenters. The number of ether oxygens (including phenoxy) is 2. The highest BCUT2D eigenvalue weighted by molar-refractivity contribution is 5.89. The third-order valence-electron chi connectivity index (χ3n) is 8.76. The van der Waals surface area contributed by atoms with E-state index in [1.807, 2.05) is 0 Å². The summed E-state index contributed by atoms with van der Waals surface area (Å²) in [5.41, 5.74) is 3.26. The van der Waals surface area contributed by atoms with Crippen LogP contribution in [0.1, 0.15) is 48.5 Å². The normalized spacial score (nSPS) is 22.7. The number of hydrogen-bond donors (Lipinski definition) is 1. The molecule has 0 saturated carbocycles. The number of carbonyl (C=O) groups is 1. The van der Waals surface area contributed by atoms with Crippen molar-refractivity contribution in [3.8, 4) is 18.0 Å². The van der Waals surface area contributed by atoms with Gasteiger partial charge in [0.15, 0.2) is 0 Å². The van der Waals surface area contributed by atoms with Crippen LogP contribution in [-0.2, 0) is 6.42 Å². The maximum Gasteiger partial charge on any atom is 0.407 e. The smallest absolute Gasteiger partial charge is 0.407 e. The van der Waals surface area contributed by atoms with Gasteiger partial charge in [0, 0.05) is 31.2 Å². The number of carboxylic acid groups (broad SMARTS) is 1. The van der Waals surface area contributed by atoms with E-state index in [1.165, 1.54) is 21.2 Å². The third-order valence-corrected chi connectivity index (χ3v) is 8.76. The number of likely N-dealkylation sites (N-methyl/N-ethyl adjacent to an activating group) is 1. The van der Waals surface area contributed by atoms with Crippen molar-refractivity contribution in [3.63, 3.8) is 0 Å². The molecule has 0 aliphatic carbocycles. The molecule has 3 aliphatic heterocycles. The van der Waals surface area contributed by atoms with Gasteiger partial charge in [0.05, 0.1) is 24.1 Å². The van der Waals surface area contributed by atoms with Gasteiger partial charge in [0.25, 0.3) is 0 Å². The minimum absolute atomic E-state index is 0.118. The summed E-state index contributed by atoms with van der Waals surface area (Å²) < 4.78 is 12.8. The molecule has 3 aliphatic rings. The number of aryl methyl sites for hydroxylation is 1. The van der Waals surface area contributed by atoms with E-state index in [0.717, 1.165) is 36.9 Å². The Kier molecular flexibility index (Phi) is 7.54. The first kappa shape index (κ1) is 27.1. The van der Waals surface area contributed by atoms with Crippen LogP contribution < -0.4 is 14.4 Å². The number of nitriles is 1. The Morgan fingerprint density at radius 1 is 1.15 bits per heavy atom. The summed E-state index contributed by atoms with van der Waals surface area (Å²) in [5.74, 6) is 1.23. The average molecular weight is 557 g/mol. The second-order valence-electron chi connectivity index (χ2n) is 11.3. The van der Waals surface area contributed by atoms with Crippen molar-refractivity contribution in [2.45, 2.75) is 57.2 Å². The number of hydrogen-bond acceptors (Lipinski definition) is 8. The second kappa shape index (κ2) is 11.4. The van der Waals surface area contributed by atoms with Crippen LogP contribution in [0, 0.1) is 18.3 Å². The van der Waals surface area contributed by atoms with Crippen molar-refractivity contribution in [1.29, 1.82) is 5.26 Å². The number of benzene rings is 2. The summed E-state index contributed by atoms with van der Waals surface area (Å²) in [5, 5.41) is 21.5. The molecular weight excluding hydrogens is 520 g/mol. The Bertz CT molecular complexity index is 1480. The van der Waals surface area contributed by atoms with Crippen molar-refractivity contribution >= 4 is 22.7 Å². The molecule has 41 heavy (non-hydrogen) atoms. The van der Waals surface area contributed by atoms with Crippen LogP contribution in [0.5, 0.6) is 11.9 Å². The van der Waals surface area contributed by atoms with Gasteiger partial charge in [0.2, 0.25) is 5.88 Å². The summed E-state index contributed by atoms with van der Waals surface area (Å²) in [7, 11) is 2.11. The first-order valence-corrected chi connectivity index (χ1v) is 14.4. The Labute approximate surface area is 240 Å². The van der Waals surface area contributed by atoms with Crippen LogP contribution >= 0.6 is 0 Å². The number of nitrogens with zero attached hydrogens (tertiary/aromatic N) is 6. The molecule has 10 nitrogen and oxygen atoms in total. The molecule has 1 amide bonds. The van der Waals surface area contributed by atoms with Gasteiger partial charge >= 0.3 is 12.1 Å². The number of piperazine rings is 1. The molecule has 3 aromatic rings. The SMILES string of the molecule is Cc1cccc2cccc(C3CCc4c(nc(OCC5CCCN5C)nc4N4CCN(C(=O)O)[C@@H](CC#N)C4)O3)c12. The Hall–Kier alpha value is -4.10. The maximum absolute atomic E-state index is 11.8. The van der Waals surface area contributed by atoms with E-state index in [0.29, 0.717) is 50.4 Å². The Balaban J connectivity index is 1.34. The zero-order chi connectivity index (χ0) is 28.5. The fraction of sp³-hybridized carbons (Fsp3) is 0.484. The van der Waals surface area contributed by atoms with Crippen molar-refractivity contribution in [3.05, 3.63) is 53.1 Å². The first-order chi connectivity index (χ1) is 19.9. The van der Waals surface area contributed by atoms with E-state index in [-0.39, 0.29) is 18.5 Å². The highest BCUT2D eigenvalue weighted by Gasteiger charge is 2.35. The molecule has 10 heteroatoms. The van der Waals surface area contributed by atoms with E-state index in [4.69, 9.17) is 19.4 Å². The van der Waals surface area contributed by atoms with Gasteiger partial charge < -0.3 is 29.3 Å². The van der Waals surface area contributed by atoms with Crippen LogP contribution in [0.3, 0.4) is 0 Å². The summed E-state index contributed by atoms with van der Waals surface area (Å²) in [6.45, 7) is 4.80. The first-order valence-electron chi connectivity index (χ1n) is 14.4. The van der Waals surface area contributed by atoms with Gasteiger partial charge in [-0.15, -0.1) is 0 Å². The molecule has 0 radical (unpaired) electrons. The van der Waals surface area contributed by atoms with Gasteiger partial charge in [-0.3, -0.25) is 0 Å². The van der Waals surface area contributed by atoms with Gasteiger partial charge in [-0.1, -0.05) is 36.4 Å². The van der Waals surface area contributed by atoms with Crippen LogP contribution in [0.15, 0.2) is 36.4 Å². The van der Waals surface area contributed by atoms with E-state index in [1.54, 1.807) is 0 Å². The Morgan fingerprint density at radius 3 is 2.73 bits per heavy atom. The molecule has 2 saturated heterocycles. The number of rotatable bonds is 6. The lowest BCUT2D eigenvalue weighted by Gasteiger charge is -2.40. The lowest BCUT2D eigenvalue weighted by atomic mass is 9.92. The van der Waals surface area contributed by atoms with E-state index < -0.39 is 12.1 Å². The highest BCUT2D eigenvalue weighted by atomic mass is 16.5. The molecule has 2 aromatic carbocycles. The second-order valence-corrected chi connectivity index (χ2v) is 11.3. The predicted molar refractivity (Wildman–Crippen MR) is 155 cm³/mol. The van der Waals surface area contributed by atoms with E-state index in [9.17, 15) is 15.2 Å². The highest BCUT2D eigenvalue weighted by Crippen LogP contribution is 2.41. The number of anilines is 1. The fourth-order valence-electron chi connectivity index (χ4n) is 6.53. The third kappa shape index (κ3) is 5.34. The summed E-state index contributed by atoms with van der Waals surface area (Å²) in [6, 6.07) is 15.0. The van der Waals surface area contributed by atoms with Crippen molar-refractivity contribution in [2.24, 2.45) is 0 Å². The molecule has 0 spiro atoms. The van der Waals surface area contributed by atoms with Crippen LogP contribution in [0.4, 0.5) is 10.6 Å². The fourth-order valence-corrected chi connectivity index (χ4v) is 6.53. The van der Waals surface area contributed by atoms with Gasteiger partial charge in [0.1, 0.15) is 18.5 Å². The van der Waals surface area contributed by atoms with Crippen molar-refractivity contribution in [2.75, 3.05) is 44.7 Å². The lowest BCUT2D eigenvalue weighted by Crippen LogP contribution is -2.55. The zero-order valence-corrected chi connectivity index (χ0v) is 23.6. The molecule has 214 valence electrons. The van der Waals surface area contributed by atoms with E-state index >= 15 is 0 Å². The van der Waals surface area contributed by atoms with Crippen molar-refractivity contribution in [1.82, 2.24) is 19.8 Å². The largest absolute Gasteiger partial charge is 0.469 e. The van der Waals surface area contributed by atoms with Gasteiger partial charge in [-0.25, -0.2) is 4.79 Å². The summed E-state index contributed by atoms with van der Waals surface area (Å²) in [6.07, 6.45) is 2.64. The topological polar surface area (TPSA) is 115 Å². The standard InChI is InChI=1S/C31H36N6O4/c1-20-6-3-7-21-8-4-10-24(27(20)21)26-12-11-25-28(36-16-17-37(31(38)39)22(18-36)13-14-32)33-30(34-29(25)41-26)40-19-23-9-5-15-35(23)2/h3-4,6-8,10,22-23,26H,5,9,11-13,15-19H2,1-2H3,(H,38,39)/t22-,23?,26?/m0/s1. The molecule has 1 N–H and O–H groups in total. The molecule has 4 heterocycles. The lowest BCUT2D eigenvalue weighted by molar-refractivity contribution is 0.118. The van der Waals surface area contributed by atoms with Gasteiger partial charge in [-0.05, 0) is 62.5 Å². The molecule has 3 atom stereocenters. The molecule has 6 rings (SSSR count). The summed E-state index contributed by atoms with van der Waals surface area (Å²) >= 11 is 0. The number of amides is 1. The van der Waals surface area contributed by atoms with E-state index in [2.05, 4.69) is 66.2 Å². The van der Waals surface area contributed by atoms with Crippen LogP contribution in [-0.4, -0.2) is 82.9 Å². The number of likely N-dealkylation sites (tertiary alicyclic amines) is 1. The molecule has 2 fully saturated rings.